The lowest BCUT2D eigenvalue weighted by Gasteiger charge is -2.18. The standard InChI is InChI=1S/C18H17ClN2O4/c1-11(22)20-15-8-4-13(5-9-15)18(25)21-16(10-17(23)24)12-2-6-14(19)7-3-12/h2-9,16H,10H2,1H3,(H,20,22)(H,21,25)(H,23,24)/t16-/m1/s1. The second-order valence-corrected chi connectivity index (χ2v) is 5.87. The average molecular weight is 361 g/mol. The molecular formula is C18H17ClN2O4. The van der Waals surface area contributed by atoms with Gasteiger partial charge in [-0.2, -0.15) is 0 Å². The highest BCUT2D eigenvalue weighted by Crippen LogP contribution is 2.20. The van der Waals surface area contributed by atoms with Crippen LogP contribution in [0.15, 0.2) is 48.5 Å². The molecule has 2 amide bonds. The maximum absolute atomic E-state index is 12.4. The molecule has 0 aliphatic carbocycles. The van der Waals surface area contributed by atoms with E-state index in [2.05, 4.69) is 10.6 Å². The van der Waals surface area contributed by atoms with E-state index < -0.39 is 17.9 Å². The highest BCUT2D eigenvalue weighted by atomic mass is 35.5. The van der Waals surface area contributed by atoms with E-state index in [0.29, 0.717) is 21.8 Å². The summed E-state index contributed by atoms with van der Waals surface area (Å²) in [4.78, 5) is 34.5. The lowest BCUT2D eigenvalue weighted by atomic mass is 10.0. The number of carboxylic acids is 1. The van der Waals surface area contributed by atoms with Crippen molar-refractivity contribution in [3.05, 3.63) is 64.7 Å². The molecule has 0 saturated carbocycles. The normalized spacial score (nSPS) is 11.4. The number of carboxylic acid groups (broad SMARTS) is 1. The van der Waals surface area contributed by atoms with Crippen molar-refractivity contribution < 1.29 is 19.5 Å². The Bertz CT molecular complexity index is 773. The summed E-state index contributed by atoms with van der Waals surface area (Å²) in [5.74, 6) is -1.64. The third kappa shape index (κ3) is 5.61. The van der Waals surface area contributed by atoms with E-state index in [9.17, 15) is 14.4 Å². The maximum Gasteiger partial charge on any atom is 0.305 e. The van der Waals surface area contributed by atoms with Crippen LogP contribution in [0.2, 0.25) is 5.02 Å². The summed E-state index contributed by atoms with van der Waals surface area (Å²) in [6, 6.07) is 12.3. The van der Waals surface area contributed by atoms with Crippen LogP contribution in [-0.2, 0) is 9.59 Å². The third-order valence-corrected chi connectivity index (χ3v) is 3.68. The minimum atomic E-state index is -1.03. The molecule has 7 heteroatoms. The van der Waals surface area contributed by atoms with Crippen LogP contribution in [0.25, 0.3) is 0 Å². The molecule has 0 bridgehead atoms. The molecule has 3 N–H and O–H groups in total. The van der Waals surface area contributed by atoms with Gasteiger partial charge in [-0.15, -0.1) is 0 Å². The first-order valence-corrected chi connectivity index (χ1v) is 7.88. The van der Waals surface area contributed by atoms with Crippen molar-refractivity contribution in [1.82, 2.24) is 5.32 Å². The van der Waals surface area contributed by atoms with E-state index in [1.54, 1.807) is 48.5 Å². The number of carbonyl (C=O) groups is 3. The molecule has 130 valence electrons. The first kappa shape index (κ1) is 18.5. The molecule has 6 nitrogen and oxygen atoms in total. The summed E-state index contributed by atoms with van der Waals surface area (Å²) in [5, 5.41) is 14.9. The average Bonchev–Trinajstić information content (AvgIpc) is 2.54. The number of carbonyl (C=O) groups excluding carboxylic acids is 2. The van der Waals surface area contributed by atoms with Gasteiger partial charge < -0.3 is 15.7 Å². The van der Waals surface area contributed by atoms with Gasteiger partial charge in [0.25, 0.3) is 5.91 Å². The van der Waals surface area contributed by atoms with Gasteiger partial charge in [-0.25, -0.2) is 0 Å². The fourth-order valence-electron chi connectivity index (χ4n) is 2.27. The summed E-state index contributed by atoms with van der Waals surface area (Å²) in [6.45, 7) is 1.39. The van der Waals surface area contributed by atoms with E-state index in [-0.39, 0.29) is 12.3 Å². The predicted molar refractivity (Wildman–Crippen MR) is 94.7 cm³/mol. The fourth-order valence-corrected chi connectivity index (χ4v) is 2.40. The van der Waals surface area contributed by atoms with Gasteiger partial charge >= 0.3 is 5.97 Å². The van der Waals surface area contributed by atoms with E-state index in [4.69, 9.17) is 16.7 Å². The van der Waals surface area contributed by atoms with E-state index in [0.717, 1.165) is 0 Å². The minimum absolute atomic E-state index is 0.207. The molecule has 0 spiro atoms. The van der Waals surface area contributed by atoms with Crippen LogP contribution in [0.1, 0.15) is 35.3 Å². The fraction of sp³-hybridized carbons (Fsp3) is 0.167. The number of hydrogen-bond donors (Lipinski definition) is 3. The van der Waals surface area contributed by atoms with Gasteiger partial charge in [0.05, 0.1) is 12.5 Å². The summed E-state index contributed by atoms with van der Waals surface area (Å²) >= 11 is 5.84. The first-order valence-electron chi connectivity index (χ1n) is 7.51. The van der Waals surface area contributed by atoms with Crippen molar-refractivity contribution in [2.75, 3.05) is 5.32 Å². The zero-order chi connectivity index (χ0) is 18.4. The second-order valence-electron chi connectivity index (χ2n) is 5.43. The van der Waals surface area contributed by atoms with Crippen LogP contribution in [0.4, 0.5) is 5.69 Å². The zero-order valence-corrected chi connectivity index (χ0v) is 14.2. The summed E-state index contributed by atoms with van der Waals surface area (Å²) in [5.41, 5.74) is 1.58. The number of aliphatic carboxylic acids is 1. The molecule has 0 radical (unpaired) electrons. The molecule has 0 fully saturated rings. The van der Waals surface area contributed by atoms with Gasteiger partial charge in [0.1, 0.15) is 0 Å². The SMILES string of the molecule is CC(=O)Nc1ccc(C(=O)N[C@H](CC(=O)O)c2ccc(Cl)cc2)cc1. The molecule has 2 rings (SSSR count). The molecule has 0 aliphatic heterocycles. The van der Waals surface area contributed by atoms with Crippen molar-refractivity contribution in [3.63, 3.8) is 0 Å². The summed E-state index contributed by atoms with van der Waals surface area (Å²) < 4.78 is 0. The van der Waals surface area contributed by atoms with Gasteiger partial charge in [0, 0.05) is 23.2 Å². The third-order valence-electron chi connectivity index (χ3n) is 3.42. The quantitative estimate of drug-likeness (QED) is 0.736. The molecule has 0 saturated heterocycles. The van der Waals surface area contributed by atoms with Crippen molar-refractivity contribution >= 4 is 35.1 Å². The second kappa shape index (κ2) is 8.30. The van der Waals surface area contributed by atoms with Crippen LogP contribution >= 0.6 is 11.6 Å². The Hall–Kier alpha value is -2.86. The smallest absolute Gasteiger partial charge is 0.305 e. The van der Waals surface area contributed by atoms with Crippen molar-refractivity contribution in [2.45, 2.75) is 19.4 Å². The van der Waals surface area contributed by atoms with Crippen LogP contribution in [0.5, 0.6) is 0 Å². The number of nitrogens with one attached hydrogen (secondary N) is 2. The van der Waals surface area contributed by atoms with E-state index in [1.807, 2.05) is 0 Å². The Kier molecular flexibility index (Phi) is 6.14. The molecule has 0 heterocycles. The van der Waals surface area contributed by atoms with Gasteiger partial charge in [0.2, 0.25) is 5.91 Å². The molecule has 1 atom stereocenters. The maximum atomic E-state index is 12.4. The molecule has 0 unspecified atom stereocenters. The topological polar surface area (TPSA) is 95.5 Å². The van der Waals surface area contributed by atoms with Crippen LogP contribution in [0.3, 0.4) is 0 Å². The molecule has 0 aromatic heterocycles. The van der Waals surface area contributed by atoms with Crippen LogP contribution < -0.4 is 10.6 Å². The Morgan fingerprint density at radius 2 is 1.64 bits per heavy atom. The van der Waals surface area contributed by atoms with Crippen LogP contribution in [-0.4, -0.2) is 22.9 Å². The largest absolute Gasteiger partial charge is 0.481 e. The number of amides is 2. The number of rotatable bonds is 6. The lowest BCUT2D eigenvalue weighted by molar-refractivity contribution is -0.137. The number of hydrogen-bond acceptors (Lipinski definition) is 3. The monoisotopic (exact) mass is 360 g/mol. The number of halogens is 1. The van der Waals surface area contributed by atoms with E-state index in [1.165, 1.54) is 6.92 Å². The zero-order valence-electron chi connectivity index (χ0n) is 13.5. The Labute approximate surface area is 149 Å². The first-order chi connectivity index (χ1) is 11.8. The summed E-state index contributed by atoms with van der Waals surface area (Å²) in [6.07, 6.45) is -0.253. The highest BCUT2D eigenvalue weighted by Gasteiger charge is 2.19. The Morgan fingerprint density at radius 3 is 2.16 bits per heavy atom. The van der Waals surface area contributed by atoms with Crippen molar-refractivity contribution in [3.8, 4) is 0 Å². The number of anilines is 1. The van der Waals surface area contributed by atoms with Gasteiger partial charge in [-0.05, 0) is 42.0 Å². The van der Waals surface area contributed by atoms with E-state index >= 15 is 0 Å². The van der Waals surface area contributed by atoms with Gasteiger partial charge in [-0.1, -0.05) is 23.7 Å². The summed E-state index contributed by atoms with van der Waals surface area (Å²) in [7, 11) is 0. The van der Waals surface area contributed by atoms with Gasteiger partial charge in [0.15, 0.2) is 0 Å². The lowest BCUT2D eigenvalue weighted by Crippen LogP contribution is -2.30. The predicted octanol–water partition coefficient (Wildman–Crippen LogP) is 3.24. The molecule has 0 aliphatic rings. The van der Waals surface area contributed by atoms with Crippen molar-refractivity contribution in [2.24, 2.45) is 0 Å². The van der Waals surface area contributed by atoms with Gasteiger partial charge in [-0.3, -0.25) is 14.4 Å². The molecule has 2 aromatic rings. The number of benzene rings is 2. The minimum Gasteiger partial charge on any atom is -0.481 e. The van der Waals surface area contributed by atoms with Crippen molar-refractivity contribution in [1.29, 1.82) is 0 Å². The molecular weight excluding hydrogens is 344 g/mol. The highest BCUT2D eigenvalue weighted by molar-refractivity contribution is 6.30. The Balaban J connectivity index is 2.14. The van der Waals surface area contributed by atoms with Crippen LogP contribution in [0, 0.1) is 0 Å². The Morgan fingerprint density at radius 1 is 1.04 bits per heavy atom. The molecule has 25 heavy (non-hydrogen) atoms. The molecule has 2 aromatic carbocycles.